The highest BCUT2D eigenvalue weighted by atomic mass is 32.2. The van der Waals surface area contributed by atoms with Crippen LogP contribution in [-0.2, 0) is 25.9 Å². The summed E-state index contributed by atoms with van der Waals surface area (Å²) in [6, 6.07) is 10.0. The lowest BCUT2D eigenvalue weighted by atomic mass is 10.3. The molecule has 2 aromatic carbocycles. The maximum absolute atomic E-state index is 12.6. The summed E-state index contributed by atoms with van der Waals surface area (Å²) in [7, 11) is -0.920. The van der Waals surface area contributed by atoms with Crippen molar-refractivity contribution in [2.75, 3.05) is 26.6 Å². The van der Waals surface area contributed by atoms with E-state index in [0.29, 0.717) is 29.1 Å². The average Bonchev–Trinajstić information content (AvgIpc) is 3.07. The van der Waals surface area contributed by atoms with Crippen LogP contribution < -0.4 is 9.54 Å². The summed E-state index contributed by atoms with van der Waals surface area (Å²) in [6.07, 6.45) is 0. The van der Waals surface area contributed by atoms with E-state index in [1.54, 1.807) is 10.6 Å². The van der Waals surface area contributed by atoms with Crippen LogP contribution in [0.15, 0.2) is 52.4 Å². The molecule has 31 heavy (non-hydrogen) atoms. The molecule has 0 aliphatic heterocycles. The lowest BCUT2D eigenvalue weighted by molar-refractivity contribution is -0.384. The number of rotatable bonds is 8. The Morgan fingerprint density at radius 1 is 1.19 bits per heavy atom. The number of nitro groups is 1. The monoisotopic (exact) mass is 465 g/mol. The molecule has 0 aliphatic carbocycles. The number of hydrogen-bond acceptors (Lipinski definition) is 8. The van der Waals surface area contributed by atoms with Gasteiger partial charge in [0, 0.05) is 25.8 Å². The third-order valence-corrected chi connectivity index (χ3v) is 7.01. The van der Waals surface area contributed by atoms with Crippen LogP contribution in [0, 0.1) is 10.1 Å². The number of carbonyl (C=O) groups is 1. The first-order valence-corrected chi connectivity index (χ1v) is 11.4. The van der Waals surface area contributed by atoms with Crippen molar-refractivity contribution in [2.24, 2.45) is 4.99 Å². The van der Waals surface area contributed by atoms with Crippen LogP contribution in [0.1, 0.15) is 0 Å². The number of ether oxygens (including phenoxy) is 2. The van der Waals surface area contributed by atoms with Gasteiger partial charge in [-0.3, -0.25) is 14.9 Å². The van der Waals surface area contributed by atoms with Gasteiger partial charge in [0.25, 0.3) is 11.6 Å². The van der Waals surface area contributed by atoms with E-state index in [-0.39, 0.29) is 15.4 Å². The maximum Gasteiger partial charge on any atom is 0.270 e. The Balaban J connectivity index is 1.97. The number of non-ortho nitro benzene ring substituents is 1. The normalized spacial score (nSPS) is 12.3. The lowest BCUT2D eigenvalue weighted by Gasteiger charge is -2.05. The number of aromatic nitrogens is 1. The van der Waals surface area contributed by atoms with Crippen molar-refractivity contribution in [2.45, 2.75) is 11.4 Å². The predicted octanol–water partition coefficient (Wildman–Crippen LogP) is 2.17. The van der Waals surface area contributed by atoms with Gasteiger partial charge in [-0.15, -0.1) is 0 Å². The SMILES string of the molecule is COCCn1c(=NC(=O)CS(=O)(=O)c2ccc(OC)cc2)sc2cc([N+](=O)[O-])ccc21. The van der Waals surface area contributed by atoms with Crippen LogP contribution >= 0.6 is 11.3 Å². The van der Waals surface area contributed by atoms with Crippen molar-refractivity contribution < 1.29 is 27.6 Å². The summed E-state index contributed by atoms with van der Waals surface area (Å²) in [4.78, 5) is 27.2. The van der Waals surface area contributed by atoms with Gasteiger partial charge in [-0.2, -0.15) is 4.99 Å². The highest BCUT2D eigenvalue weighted by Gasteiger charge is 2.20. The van der Waals surface area contributed by atoms with E-state index in [9.17, 15) is 23.3 Å². The van der Waals surface area contributed by atoms with Crippen LogP contribution in [0.3, 0.4) is 0 Å². The van der Waals surface area contributed by atoms with Gasteiger partial charge in [0.05, 0.1) is 33.8 Å². The highest BCUT2D eigenvalue weighted by molar-refractivity contribution is 7.92. The van der Waals surface area contributed by atoms with Gasteiger partial charge in [0.15, 0.2) is 14.6 Å². The largest absolute Gasteiger partial charge is 0.497 e. The topological polar surface area (TPSA) is 130 Å². The molecule has 0 fully saturated rings. The third-order valence-electron chi connectivity index (χ3n) is 4.35. The van der Waals surface area contributed by atoms with Gasteiger partial charge >= 0.3 is 0 Å². The third kappa shape index (κ3) is 5.16. The van der Waals surface area contributed by atoms with Gasteiger partial charge in [-0.05, 0) is 30.3 Å². The van der Waals surface area contributed by atoms with Crippen LogP contribution in [0.5, 0.6) is 5.75 Å². The Kier molecular flexibility index (Phi) is 6.83. The molecule has 164 valence electrons. The molecular weight excluding hydrogens is 446 g/mol. The maximum atomic E-state index is 12.6. The van der Waals surface area contributed by atoms with E-state index in [1.165, 1.54) is 50.6 Å². The molecule has 0 N–H and O–H groups in total. The van der Waals surface area contributed by atoms with Crippen LogP contribution in [0.2, 0.25) is 0 Å². The Labute approximate surface area is 181 Å². The minimum absolute atomic E-state index is 0.0175. The molecule has 0 spiro atoms. The molecule has 1 heterocycles. The lowest BCUT2D eigenvalue weighted by Crippen LogP contribution is -2.22. The number of amides is 1. The fourth-order valence-electron chi connectivity index (χ4n) is 2.83. The number of methoxy groups -OCH3 is 2. The van der Waals surface area contributed by atoms with E-state index >= 15 is 0 Å². The van der Waals surface area contributed by atoms with E-state index in [2.05, 4.69) is 4.99 Å². The van der Waals surface area contributed by atoms with E-state index in [4.69, 9.17) is 9.47 Å². The second-order valence-corrected chi connectivity index (χ2v) is 9.38. The van der Waals surface area contributed by atoms with Crippen molar-refractivity contribution in [1.29, 1.82) is 0 Å². The second-order valence-electron chi connectivity index (χ2n) is 6.38. The van der Waals surface area contributed by atoms with Crippen molar-refractivity contribution in [3.05, 3.63) is 57.4 Å². The highest BCUT2D eigenvalue weighted by Crippen LogP contribution is 2.23. The van der Waals surface area contributed by atoms with Crippen molar-refractivity contribution >= 4 is 43.0 Å². The predicted molar refractivity (Wildman–Crippen MR) is 114 cm³/mol. The molecule has 3 aromatic rings. The Morgan fingerprint density at radius 2 is 1.90 bits per heavy atom. The number of nitro benzene ring substituents is 1. The number of hydrogen-bond donors (Lipinski definition) is 0. The molecule has 0 saturated heterocycles. The smallest absolute Gasteiger partial charge is 0.270 e. The molecule has 0 atom stereocenters. The summed E-state index contributed by atoms with van der Waals surface area (Å²) in [5, 5.41) is 11.0. The summed E-state index contributed by atoms with van der Waals surface area (Å²) in [6.45, 7) is 0.653. The fourth-order valence-corrected chi connectivity index (χ4v) is 5.04. The number of nitrogens with zero attached hydrogens (tertiary/aromatic N) is 3. The molecule has 10 nitrogen and oxygen atoms in total. The van der Waals surface area contributed by atoms with Crippen LogP contribution in [0.4, 0.5) is 5.69 Å². The van der Waals surface area contributed by atoms with Gasteiger partial charge in [-0.1, -0.05) is 11.3 Å². The van der Waals surface area contributed by atoms with Crippen molar-refractivity contribution in [3.63, 3.8) is 0 Å². The molecule has 3 rings (SSSR count). The second kappa shape index (κ2) is 9.37. The minimum Gasteiger partial charge on any atom is -0.497 e. The Bertz CT molecular complexity index is 1290. The number of sulfone groups is 1. The van der Waals surface area contributed by atoms with Gasteiger partial charge in [-0.25, -0.2) is 8.42 Å². The van der Waals surface area contributed by atoms with Gasteiger partial charge < -0.3 is 14.0 Å². The molecular formula is C19H19N3O7S2. The molecule has 0 saturated carbocycles. The summed E-state index contributed by atoms with van der Waals surface area (Å²) >= 11 is 1.07. The molecule has 1 aromatic heterocycles. The molecule has 0 bridgehead atoms. The summed E-state index contributed by atoms with van der Waals surface area (Å²) in [5.74, 6) is -1.16. The zero-order chi connectivity index (χ0) is 22.6. The van der Waals surface area contributed by atoms with E-state index < -0.39 is 26.4 Å². The first-order valence-electron chi connectivity index (χ1n) is 8.96. The van der Waals surface area contributed by atoms with Gasteiger partial charge in [0.1, 0.15) is 11.5 Å². The number of benzene rings is 2. The van der Waals surface area contributed by atoms with Crippen molar-refractivity contribution in [1.82, 2.24) is 4.57 Å². The van der Waals surface area contributed by atoms with Gasteiger partial charge in [0.2, 0.25) is 0 Å². The fraction of sp³-hybridized carbons (Fsp3) is 0.263. The van der Waals surface area contributed by atoms with E-state index in [1.807, 2.05) is 0 Å². The number of fused-ring (bicyclic) bond motifs is 1. The summed E-state index contributed by atoms with van der Waals surface area (Å²) < 4.78 is 37.4. The first kappa shape index (κ1) is 22.6. The average molecular weight is 466 g/mol. The Morgan fingerprint density at radius 3 is 2.52 bits per heavy atom. The molecule has 12 heteroatoms. The minimum atomic E-state index is -3.90. The van der Waals surface area contributed by atoms with Crippen LogP contribution in [0.25, 0.3) is 10.2 Å². The summed E-state index contributed by atoms with van der Waals surface area (Å²) in [5.41, 5.74) is 0.546. The quantitative estimate of drug-likeness (QED) is 0.368. The zero-order valence-electron chi connectivity index (χ0n) is 16.7. The molecule has 1 amide bonds. The first-order chi connectivity index (χ1) is 14.7. The van der Waals surface area contributed by atoms with Crippen LogP contribution in [-0.4, -0.2) is 50.4 Å². The number of thiazole rings is 1. The standard InChI is InChI=1S/C19H19N3O7S2/c1-28-10-9-21-16-8-3-13(22(24)25)11-17(16)30-19(21)20-18(23)12-31(26,27)15-6-4-14(29-2)5-7-15/h3-8,11H,9-10,12H2,1-2H3. The molecule has 0 unspecified atom stereocenters. The molecule has 0 aliphatic rings. The van der Waals surface area contributed by atoms with E-state index in [0.717, 1.165) is 11.3 Å². The molecule has 0 radical (unpaired) electrons. The zero-order valence-corrected chi connectivity index (χ0v) is 18.3. The number of carbonyl (C=O) groups excluding carboxylic acids is 1. The van der Waals surface area contributed by atoms with Crippen molar-refractivity contribution in [3.8, 4) is 5.75 Å². The Hall–Kier alpha value is -3.09.